The van der Waals surface area contributed by atoms with Gasteiger partial charge < -0.3 is 4.74 Å². The Labute approximate surface area is 96.4 Å². The van der Waals surface area contributed by atoms with E-state index in [0.717, 1.165) is 35.8 Å². The lowest BCUT2D eigenvalue weighted by atomic mass is 10.1. The van der Waals surface area contributed by atoms with Crippen LogP contribution in [0.3, 0.4) is 0 Å². The smallest absolute Gasteiger partial charge is 0.122 e. The van der Waals surface area contributed by atoms with E-state index in [9.17, 15) is 0 Å². The topological polar surface area (TPSA) is 9.23 Å². The molecule has 0 bridgehead atoms. The fourth-order valence-corrected chi connectivity index (χ4v) is 1.50. The Morgan fingerprint density at radius 3 is 2.93 bits per heavy atom. The Hall–Kier alpha value is -1.13. The molecule has 2 heteroatoms. The second kappa shape index (κ2) is 6.37. The van der Waals surface area contributed by atoms with Crippen LogP contribution in [0.25, 0.3) is 0 Å². The molecule has 0 spiro atoms. The molecule has 80 valence electrons. The summed E-state index contributed by atoms with van der Waals surface area (Å²) in [6, 6.07) is 5.67. The van der Waals surface area contributed by atoms with Crippen LogP contribution in [-0.2, 0) is 6.42 Å². The summed E-state index contributed by atoms with van der Waals surface area (Å²) in [5, 5.41) is 0.728. The van der Waals surface area contributed by atoms with E-state index < -0.39 is 0 Å². The van der Waals surface area contributed by atoms with Crippen LogP contribution in [-0.4, -0.2) is 6.61 Å². The van der Waals surface area contributed by atoms with Gasteiger partial charge >= 0.3 is 0 Å². The molecule has 0 unspecified atom stereocenters. The first-order valence-electron chi connectivity index (χ1n) is 5.12. The Balaban J connectivity index is 2.78. The number of terminal acetylenes is 1. The predicted octanol–water partition coefficient (Wildman–Crippen LogP) is 3.69. The van der Waals surface area contributed by atoms with Crippen molar-refractivity contribution in [3.05, 3.63) is 28.8 Å². The molecule has 0 aliphatic heterocycles. The zero-order valence-electron chi connectivity index (χ0n) is 8.92. The fraction of sp³-hybridized carbons (Fsp3) is 0.385. The van der Waals surface area contributed by atoms with Crippen LogP contribution in [0.1, 0.15) is 25.3 Å². The second-order valence-electron chi connectivity index (χ2n) is 3.30. The van der Waals surface area contributed by atoms with E-state index in [0.29, 0.717) is 6.42 Å². The number of hydrogen-bond donors (Lipinski definition) is 0. The molecular weight excluding hydrogens is 208 g/mol. The maximum Gasteiger partial charge on any atom is 0.122 e. The standard InChI is InChI=1S/C13H15ClO/c1-3-5-6-11-10-12(14)7-8-13(11)15-9-4-2/h1,7-8,10H,4-6,9H2,2H3. The summed E-state index contributed by atoms with van der Waals surface area (Å²) in [6.45, 7) is 2.81. The summed E-state index contributed by atoms with van der Waals surface area (Å²) in [4.78, 5) is 0. The van der Waals surface area contributed by atoms with Gasteiger partial charge in [0.25, 0.3) is 0 Å². The lowest BCUT2D eigenvalue weighted by molar-refractivity contribution is 0.314. The average molecular weight is 223 g/mol. The lowest BCUT2D eigenvalue weighted by Gasteiger charge is -2.10. The molecular formula is C13H15ClO. The highest BCUT2D eigenvalue weighted by Gasteiger charge is 2.03. The van der Waals surface area contributed by atoms with Crippen LogP contribution < -0.4 is 4.74 Å². The van der Waals surface area contributed by atoms with Gasteiger partial charge in [-0.3, -0.25) is 0 Å². The quantitative estimate of drug-likeness (QED) is 0.691. The third-order valence-corrected chi connectivity index (χ3v) is 2.26. The Morgan fingerprint density at radius 2 is 2.27 bits per heavy atom. The molecule has 0 saturated heterocycles. The summed E-state index contributed by atoms with van der Waals surface area (Å²) < 4.78 is 5.61. The van der Waals surface area contributed by atoms with E-state index in [2.05, 4.69) is 12.8 Å². The van der Waals surface area contributed by atoms with Crippen LogP contribution in [0, 0.1) is 12.3 Å². The second-order valence-corrected chi connectivity index (χ2v) is 3.74. The Bertz CT molecular complexity index is 352. The SMILES string of the molecule is C#CCCc1cc(Cl)ccc1OCCC. The van der Waals surface area contributed by atoms with Crippen LogP contribution in [0.5, 0.6) is 5.75 Å². The van der Waals surface area contributed by atoms with Gasteiger partial charge in [-0.05, 0) is 36.6 Å². The van der Waals surface area contributed by atoms with Gasteiger partial charge in [-0.15, -0.1) is 12.3 Å². The van der Waals surface area contributed by atoms with E-state index in [1.165, 1.54) is 0 Å². The normalized spacial score (nSPS) is 9.67. The van der Waals surface area contributed by atoms with Crippen LogP contribution in [0.15, 0.2) is 18.2 Å². The molecule has 1 aromatic carbocycles. The average Bonchev–Trinajstić information content (AvgIpc) is 2.25. The lowest BCUT2D eigenvalue weighted by Crippen LogP contribution is -1.98. The van der Waals surface area contributed by atoms with Crippen molar-refractivity contribution in [3.63, 3.8) is 0 Å². The number of benzene rings is 1. The molecule has 0 aliphatic rings. The largest absolute Gasteiger partial charge is 0.493 e. The highest BCUT2D eigenvalue weighted by molar-refractivity contribution is 6.30. The van der Waals surface area contributed by atoms with E-state index >= 15 is 0 Å². The minimum Gasteiger partial charge on any atom is -0.493 e. The molecule has 0 N–H and O–H groups in total. The van der Waals surface area contributed by atoms with E-state index in [1.54, 1.807) is 0 Å². The molecule has 0 atom stereocenters. The first-order valence-corrected chi connectivity index (χ1v) is 5.50. The first-order chi connectivity index (χ1) is 7.27. The van der Waals surface area contributed by atoms with Crippen LogP contribution >= 0.6 is 11.6 Å². The van der Waals surface area contributed by atoms with Crippen LogP contribution in [0.4, 0.5) is 0 Å². The number of aryl methyl sites for hydroxylation is 1. The molecule has 0 radical (unpaired) electrons. The van der Waals surface area contributed by atoms with Crippen molar-refractivity contribution in [1.29, 1.82) is 0 Å². The van der Waals surface area contributed by atoms with Gasteiger partial charge in [0.15, 0.2) is 0 Å². The van der Waals surface area contributed by atoms with Crippen molar-refractivity contribution in [2.24, 2.45) is 0 Å². The van der Waals surface area contributed by atoms with Gasteiger partial charge in [0, 0.05) is 11.4 Å². The number of halogens is 1. The third-order valence-electron chi connectivity index (χ3n) is 2.02. The maximum atomic E-state index is 5.92. The van der Waals surface area contributed by atoms with Gasteiger partial charge in [0.1, 0.15) is 5.75 Å². The molecule has 0 fully saturated rings. The van der Waals surface area contributed by atoms with Crippen LogP contribution in [0.2, 0.25) is 5.02 Å². The van der Waals surface area contributed by atoms with Crippen molar-refractivity contribution in [3.8, 4) is 18.1 Å². The molecule has 1 rings (SSSR count). The predicted molar refractivity (Wildman–Crippen MR) is 64.4 cm³/mol. The Kier molecular flexibility index (Phi) is 5.07. The van der Waals surface area contributed by atoms with Gasteiger partial charge in [0.05, 0.1) is 6.61 Å². The maximum absolute atomic E-state index is 5.92. The molecule has 0 aliphatic carbocycles. The summed E-state index contributed by atoms with van der Waals surface area (Å²) >= 11 is 5.92. The highest BCUT2D eigenvalue weighted by Crippen LogP contribution is 2.24. The molecule has 15 heavy (non-hydrogen) atoms. The number of ether oxygens (including phenoxy) is 1. The molecule has 0 heterocycles. The van der Waals surface area contributed by atoms with Crippen molar-refractivity contribution in [2.45, 2.75) is 26.2 Å². The highest BCUT2D eigenvalue weighted by atomic mass is 35.5. The van der Waals surface area contributed by atoms with Crippen molar-refractivity contribution < 1.29 is 4.74 Å². The first kappa shape index (κ1) is 11.9. The summed E-state index contributed by atoms with van der Waals surface area (Å²) in [5.41, 5.74) is 1.09. The summed E-state index contributed by atoms with van der Waals surface area (Å²) in [7, 11) is 0. The zero-order chi connectivity index (χ0) is 11.1. The molecule has 1 nitrogen and oxygen atoms in total. The van der Waals surface area contributed by atoms with E-state index in [4.69, 9.17) is 22.8 Å². The van der Waals surface area contributed by atoms with Gasteiger partial charge in [-0.2, -0.15) is 0 Å². The van der Waals surface area contributed by atoms with Crippen molar-refractivity contribution in [2.75, 3.05) is 6.61 Å². The molecule has 0 aromatic heterocycles. The zero-order valence-corrected chi connectivity index (χ0v) is 9.68. The summed E-state index contributed by atoms with van der Waals surface area (Å²) in [5.74, 6) is 3.52. The fourth-order valence-electron chi connectivity index (χ4n) is 1.30. The van der Waals surface area contributed by atoms with Gasteiger partial charge in [-0.25, -0.2) is 0 Å². The monoisotopic (exact) mass is 222 g/mol. The van der Waals surface area contributed by atoms with Crippen molar-refractivity contribution >= 4 is 11.6 Å². The van der Waals surface area contributed by atoms with Gasteiger partial charge in [-0.1, -0.05) is 18.5 Å². The summed E-state index contributed by atoms with van der Waals surface area (Å²) in [6.07, 6.45) is 7.76. The molecule has 0 saturated carbocycles. The third kappa shape index (κ3) is 3.85. The van der Waals surface area contributed by atoms with E-state index in [1.807, 2.05) is 18.2 Å². The number of rotatable bonds is 5. The Morgan fingerprint density at radius 1 is 1.47 bits per heavy atom. The molecule has 1 aromatic rings. The minimum absolute atomic E-state index is 0.711. The van der Waals surface area contributed by atoms with Crippen molar-refractivity contribution in [1.82, 2.24) is 0 Å². The van der Waals surface area contributed by atoms with Gasteiger partial charge in [0.2, 0.25) is 0 Å². The minimum atomic E-state index is 0.711. The number of hydrogen-bond acceptors (Lipinski definition) is 1. The molecule has 0 amide bonds. The van der Waals surface area contributed by atoms with E-state index in [-0.39, 0.29) is 0 Å².